The largest absolute Gasteiger partial charge is 0.491 e. The van der Waals surface area contributed by atoms with Crippen molar-refractivity contribution < 1.29 is 19.4 Å². The fourth-order valence-corrected chi connectivity index (χ4v) is 4.06. The molecule has 0 aromatic heterocycles. The van der Waals surface area contributed by atoms with Gasteiger partial charge in [0.2, 0.25) is 0 Å². The second-order valence-corrected chi connectivity index (χ2v) is 8.76. The average Bonchev–Trinajstić information content (AvgIpc) is 2.86. The minimum atomic E-state index is -0.856. The van der Waals surface area contributed by atoms with Crippen molar-refractivity contribution in [2.75, 3.05) is 17.2 Å². The van der Waals surface area contributed by atoms with Gasteiger partial charge in [0.15, 0.2) is 0 Å². The third-order valence-corrected chi connectivity index (χ3v) is 6.03. The standard InChI is InChI=1S/C27H33N5O4.ClH/c1-17(25(28)24(33)16-36-22-5-3-2-4-6-22)15-23(18-7-11-20(12-8-18)31-26(29)34)19-9-13-21(14-10-19)32-27(30)35;/h2-14,17,23-25,33H,15-16,28H2,1H3,(H3,29,31,34)(H3,30,32,35);1H/t17?,24-,25?;/m0./s1. The Labute approximate surface area is 222 Å². The van der Waals surface area contributed by atoms with Crippen molar-refractivity contribution in [2.45, 2.75) is 31.4 Å². The monoisotopic (exact) mass is 527 g/mol. The SMILES string of the molecule is CC(CC(c1ccc(NC(N)=O)cc1)c1ccc(NC(N)=O)cc1)C(N)[C@@H](O)COc1ccccc1.Cl. The van der Waals surface area contributed by atoms with Crippen LogP contribution in [0.2, 0.25) is 0 Å². The molecule has 0 heterocycles. The van der Waals surface area contributed by atoms with Crippen LogP contribution in [0.3, 0.4) is 0 Å². The third kappa shape index (κ3) is 8.98. The zero-order chi connectivity index (χ0) is 26.1. The predicted molar refractivity (Wildman–Crippen MR) is 148 cm³/mol. The van der Waals surface area contributed by atoms with Crippen LogP contribution in [-0.2, 0) is 0 Å². The summed E-state index contributed by atoms with van der Waals surface area (Å²) < 4.78 is 5.68. The van der Waals surface area contributed by atoms with Crippen molar-refractivity contribution in [3.63, 3.8) is 0 Å². The first-order valence-corrected chi connectivity index (χ1v) is 11.7. The van der Waals surface area contributed by atoms with Gasteiger partial charge >= 0.3 is 12.1 Å². The topological polar surface area (TPSA) is 166 Å². The maximum atomic E-state index is 11.2. The summed E-state index contributed by atoms with van der Waals surface area (Å²) in [5.74, 6) is 0.526. The molecule has 37 heavy (non-hydrogen) atoms. The van der Waals surface area contributed by atoms with Gasteiger partial charge in [0, 0.05) is 23.3 Å². The van der Waals surface area contributed by atoms with Crippen LogP contribution >= 0.6 is 12.4 Å². The number of anilines is 2. The summed E-state index contributed by atoms with van der Waals surface area (Å²) in [7, 11) is 0. The van der Waals surface area contributed by atoms with Crippen LogP contribution in [0.25, 0.3) is 0 Å². The molecule has 0 aliphatic carbocycles. The van der Waals surface area contributed by atoms with Gasteiger partial charge in [0.25, 0.3) is 0 Å². The molecule has 198 valence electrons. The fourth-order valence-electron chi connectivity index (χ4n) is 4.06. The molecule has 0 fully saturated rings. The number of carbonyl (C=O) groups excluding carboxylic acids is 2. The van der Waals surface area contributed by atoms with E-state index in [2.05, 4.69) is 10.6 Å². The van der Waals surface area contributed by atoms with Gasteiger partial charge in [-0.3, -0.25) is 0 Å². The number of rotatable bonds is 11. The van der Waals surface area contributed by atoms with Gasteiger partial charge in [-0.1, -0.05) is 49.4 Å². The van der Waals surface area contributed by atoms with Gasteiger partial charge in [0.05, 0.1) is 0 Å². The average molecular weight is 528 g/mol. The highest BCUT2D eigenvalue weighted by atomic mass is 35.5. The summed E-state index contributed by atoms with van der Waals surface area (Å²) in [4.78, 5) is 22.3. The van der Waals surface area contributed by atoms with E-state index in [4.69, 9.17) is 21.9 Å². The molecule has 9 nitrogen and oxygen atoms in total. The number of para-hydroxylation sites is 1. The number of aliphatic hydroxyl groups excluding tert-OH is 1. The van der Waals surface area contributed by atoms with Crippen LogP contribution in [0.1, 0.15) is 30.4 Å². The van der Waals surface area contributed by atoms with Crippen molar-refractivity contribution in [3.05, 3.63) is 90.0 Å². The molecule has 3 rings (SSSR count). The van der Waals surface area contributed by atoms with Gasteiger partial charge in [-0.2, -0.15) is 0 Å². The molecule has 0 aliphatic heterocycles. The van der Waals surface area contributed by atoms with Crippen LogP contribution < -0.4 is 32.6 Å². The highest BCUT2D eigenvalue weighted by Crippen LogP contribution is 2.33. The molecule has 0 bridgehead atoms. The van der Waals surface area contributed by atoms with Gasteiger partial charge in [-0.15, -0.1) is 12.4 Å². The van der Waals surface area contributed by atoms with E-state index < -0.39 is 24.2 Å². The summed E-state index contributed by atoms with van der Waals surface area (Å²) in [6.45, 7) is 2.08. The lowest BCUT2D eigenvalue weighted by Gasteiger charge is -2.29. The number of nitrogens with one attached hydrogen (secondary N) is 2. The number of halogens is 1. The van der Waals surface area contributed by atoms with Crippen LogP contribution in [0, 0.1) is 5.92 Å². The maximum Gasteiger partial charge on any atom is 0.316 e. The van der Waals surface area contributed by atoms with Crippen LogP contribution in [-0.4, -0.2) is 35.9 Å². The first kappa shape index (κ1) is 29.4. The van der Waals surface area contributed by atoms with E-state index in [0.717, 1.165) is 11.1 Å². The Morgan fingerprint density at radius 1 is 0.838 bits per heavy atom. The van der Waals surface area contributed by atoms with E-state index in [1.807, 2.05) is 61.5 Å². The molecule has 3 aromatic carbocycles. The van der Waals surface area contributed by atoms with Crippen molar-refractivity contribution in [3.8, 4) is 5.75 Å². The van der Waals surface area contributed by atoms with Crippen molar-refractivity contribution in [1.29, 1.82) is 0 Å². The number of ether oxygens (including phenoxy) is 1. The van der Waals surface area contributed by atoms with E-state index in [-0.39, 0.29) is 30.8 Å². The molecule has 0 saturated heterocycles. The lowest BCUT2D eigenvalue weighted by molar-refractivity contribution is 0.0668. The summed E-state index contributed by atoms with van der Waals surface area (Å²) in [5.41, 5.74) is 20.0. The number of hydrogen-bond donors (Lipinski definition) is 6. The summed E-state index contributed by atoms with van der Waals surface area (Å²) in [5, 5.41) is 15.8. The van der Waals surface area contributed by atoms with E-state index >= 15 is 0 Å². The molecule has 4 amide bonds. The first-order valence-electron chi connectivity index (χ1n) is 11.7. The zero-order valence-corrected chi connectivity index (χ0v) is 21.4. The molecule has 10 heteroatoms. The number of urea groups is 2. The Balaban J connectivity index is 0.00000481. The number of hydrogen-bond acceptors (Lipinski definition) is 5. The fraction of sp³-hybridized carbons (Fsp3) is 0.259. The zero-order valence-electron chi connectivity index (χ0n) is 20.5. The van der Waals surface area contributed by atoms with Crippen molar-refractivity contribution in [2.24, 2.45) is 23.1 Å². The first-order chi connectivity index (χ1) is 17.2. The molecular formula is C27H34ClN5O4. The molecule has 3 aromatic rings. The summed E-state index contributed by atoms with van der Waals surface area (Å²) in [6, 6.07) is 22.3. The number of benzene rings is 3. The number of amides is 4. The van der Waals surface area contributed by atoms with Crippen LogP contribution in [0.4, 0.5) is 21.0 Å². The minimum Gasteiger partial charge on any atom is -0.491 e. The molecule has 2 unspecified atom stereocenters. The molecule has 0 spiro atoms. The number of primary amides is 2. The van der Waals surface area contributed by atoms with Crippen molar-refractivity contribution >= 4 is 35.8 Å². The summed E-state index contributed by atoms with van der Waals surface area (Å²) in [6.07, 6.45) is -0.223. The van der Waals surface area contributed by atoms with E-state index in [1.165, 1.54) is 0 Å². The molecule has 0 radical (unpaired) electrons. The molecule has 9 N–H and O–H groups in total. The van der Waals surface area contributed by atoms with Gasteiger partial charge < -0.3 is 37.7 Å². The van der Waals surface area contributed by atoms with Crippen LogP contribution in [0.5, 0.6) is 5.75 Å². The maximum absolute atomic E-state index is 11.2. The normalized spacial score (nSPS) is 13.1. The molecule has 0 saturated carbocycles. The Bertz CT molecular complexity index is 1070. The predicted octanol–water partition coefficient (Wildman–Crippen LogP) is 4.01. The van der Waals surface area contributed by atoms with E-state index in [9.17, 15) is 14.7 Å². The van der Waals surface area contributed by atoms with Gasteiger partial charge in [-0.25, -0.2) is 9.59 Å². The van der Waals surface area contributed by atoms with Gasteiger partial charge in [-0.05, 0) is 59.9 Å². The third-order valence-electron chi connectivity index (χ3n) is 6.03. The summed E-state index contributed by atoms with van der Waals surface area (Å²) >= 11 is 0. The highest BCUT2D eigenvalue weighted by molar-refractivity contribution is 5.88. The smallest absolute Gasteiger partial charge is 0.316 e. The lowest BCUT2D eigenvalue weighted by Crippen LogP contribution is -2.44. The highest BCUT2D eigenvalue weighted by Gasteiger charge is 2.26. The van der Waals surface area contributed by atoms with E-state index in [0.29, 0.717) is 23.5 Å². The second-order valence-electron chi connectivity index (χ2n) is 8.76. The molecule has 0 aliphatic rings. The minimum absolute atomic E-state index is 0. The Morgan fingerprint density at radius 3 is 1.73 bits per heavy atom. The molecule has 3 atom stereocenters. The molecular weight excluding hydrogens is 494 g/mol. The van der Waals surface area contributed by atoms with E-state index in [1.54, 1.807) is 24.3 Å². The second kappa shape index (κ2) is 14.1. The van der Waals surface area contributed by atoms with Gasteiger partial charge in [0.1, 0.15) is 18.5 Å². The number of nitrogens with two attached hydrogens (primary N) is 3. The lowest BCUT2D eigenvalue weighted by atomic mass is 9.81. The number of carbonyl (C=O) groups is 2. The number of aliphatic hydroxyl groups is 1. The quantitative estimate of drug-likeness (QED) is 0.221. The Morgan fingerprint density at radius 2 is 1.30 bits per heavy atom. The van der Waals surface area contributed by atoms with Crippen LogP contribution in [0.15, 0.2) is 78.9 Å². The van der Waals surface area contributed by atoms with Crippen molar-refractivity contribution in [1.82, 2.24) is 0 Å². The Hall–Kier alpha value is -3.79. The Kier molecular flexibility index (Phi) is 11.2.